The van der Waals surface area contributed by atoms with Crippen LogP contribution in [0.15, 0.2) is 33.7 Å². The van der Waals surface area contributed by atoms with Crippen molar-refractivity contribution in [3.8, 4) is 0 Å². The molecule has 10 heteroatoms. The predicted molar refractivity (Wildman–Crippen MR) is 118 cm³/mol. The molecule has 0 spiro atoms. The van der Waals surface area contributed by atoms with E-state index in [1.165, 1.54) is 4.31 Å². The molecule has 8 nitrogen and oxygen atoms in total. The Morgan fingerprint density at radius 1 is 1.16 bits per heavy atom. The molecule has 166 valence electrons. The molecular formula is C21H26N4O4S2. The molecule has 1 saturated heterocycles. The summed E-state index contributed by atoms with van der Waals surface area (Å²) in [5.41, 5.74) is 1.37. The van der Waals surface area contributed by atoms with Crippen molar-refractivity contribution < 1.29 is 17.7 Å². The highest BCUT2D eigenvalue weighted by Gasteiger charge is 2.32. The molecule has 0 atom stereocenters. The van der Waals surface area contributed by atoms with Crippen molar-refractivity contribution in [3.63, 3.8) is 0 Å². The van der Waals surface area contributed by atoms with Crippen LogP contribution in [-0.2, 0) is 21.2 Å². The number of thiazole rings is 1. The Morgan fingerprint density at radius 3 is 2.71 bits per heavy atom. The molecule has 1 amide bonds. The molecule has 3 heterocycles. The van der Waals surface area contributed by atoms with Crippen LogP contribution in [0.4, 0.5) is 0 Å². The molecule has 3 aromatic rings. The lowest BCUT2D eigenvalue weighted by atomic mass is 10.2. The van der Waals surface area contributed by atoms with Gasteiger partial charge in [0.05, 0.1) is 15.2 Å². The second-order valence-corrected chi connectivity index (χ2v) is 10.7. The first-order valence-corrected chi connectivity index (χ1v) is 12.7. The minimum absolute atomic E-state index is 0.0673. The number of hydrogen-bond acceptors (Lipinski definition) is 7. The Kier molecular flexibility index (Phi) is 6.40. The molecule has 0 N–H and O–H groups in total. The predicted octanol–water partition coefficient (Wildman–Crippen LogP) is 3.15. The second-order valence-electron chi connectivity index (χ2n) is 7.72. The first-order valence-electron chi connectivity index (χ1n) is 10.4. The maximum Gasteiger partial charge on any atom is 0.248 e. The average Bonchev–Trinajstić information content (AvgIpc) is 3.19. The molecule has 31 heavy (non-hydrogen) atoms. The van der Waals surface area contributed by atoms with Crippen molar-refractivity contribution in [1.82, 2.24) is 19.3 Å². The normalized spacial score (nSPS) is 16.0. The average molecular weight is 463 g/mol. The number of amides is 1. The summed E-state index contributed by atoms with van der Waals surface area (Å²) in [5, 5.41) is 4.81. The Bertz CT molecular complexity index is 1130. The fourth-order valence-corrected chi connectivity index (χ4v) is 6.70. The van der Waals surface area contributed by atoms with Crippen molar-refractivity contribution in [1.29, 1.82) is 0 Å². The SMILES string of the molecule is Cc1noc(C)c1S(=O)(=O)N1CCCN(C(=O)CCCc2nc3ccccc3s2)CC1. The molecule has 0 unspecified atom stereocenters. The van der Waals surface area contributed by atoms with E-state index in [0.29, 0.717) is 43.9 Å². The van der Waals surface area contributed by atoms with Crippen molar-refractivity contribution in [2.45, 2.75) is 44.4 Å². The number of hydrogen-bond donors (Lipinski definition) is 0. The van der Waals surface area contributed by atoms with Gasteiger partial charge < -0.3 is 9.42 Å². The number of carbonyl (C=O) groups excluding carboxylic acids is 1. The number of fused-ring (bicyclic) bond motifs is 1. The molecule has 1 aliphatic rings. The standard InChI is InChI=1S/C21H26N4O4S2/c1-15-21(16(2)29-23-15)31(27,28)25-12-6-11-24(13-14-25)20(26)10-5-9-19-22-17-7-3-4-8-18(17)30-19/h3-4,7-8H,5-6,9-14H2,1-2H3. The van der Waals surface area contributed by atoms with E-state index < -0.39 is 10.0 Å². The number of sulfonamides is 1. The number of nitrogens with zero attached hydrogens (tertiary/aromatic N) is 4. The van der Waals surface area contributed by atoms with Crippen molar-refractivity contribution >= 4 is 37.5 Å². The van der Waals surface area contributed by atoms with E-state index in [4.69, 9.17) is 4.52 Å². The summed E-state index contributed by atoms with van der Waals surface area (Å²) in [6, 6.07) is 8.04. The molecule has 4 rings (SSSR count). The summed E-state index contributed by atoms with van der Waals surface area (Å²) >= 11 is 1.67. The Balaban J connectivity index is 1.32. The van der Waals surface area contributed by atoms with Crippen LogP contribution in [0.3, 0.4) is 0 Å². The topological polar surface area (TPSA) is 96.6 Å². The molecule has 1 aromatic carbocycles. The number of aryl methyl sites for hydroxylation is 3. The van der Waals surface area contributed by atoms with Crippen LogP contribution in [0.1, 0.15) is 35.7 Å². The number of para-hydroxylation sites is 1. The van der Waals surface area contributed by atoms with Gasteiger partial charge in [-0.15, -0.1) is 11.3 Å². The highest BCUT2D eigenvalue weighted by molar-refractivity contribution is 7.89. The van der Waals surface area contributed by atoms with Crippen molar-refractivity contribution in [2.75, 3.05) is 26.2 Å². The van der Waals surface area contributed by atoms with Gasteiger partial charge in [0.1, 0.15) is 10.6 Å². The van der Waals surface area contributed by atoms with E-state index in [1.807, 2.05) is 18.2 Å². The summed E-state index contributed by atoms with van der Waals surface area (Å²) < 4.78 is 33.7. The summed E-state index contributed by atoms with van der Waals surface area (Å²) in [4.78, 5) is 19.3. The molecular weight excluding hydrogens is 436 g/mol. The molecule has 0 radical (unpaired) electrons. The summed E-state index contributed by atoms with van der Waals surface area (Å²) in [6.45, 7) is 4.84. The summed E-state index contributed by atoms with van der Waals surface area (Å²) in [5.74, 6) is 0.363. The van der Waals surface area contributed by atoms with E-state index >= 15 is 0 Å². The van der Waals surface area contributed by atoms with Crippen LogP contribution in [-0.4, -0.2) is 59.8 Å². The van der Waals surface area contributed by atoms with Gasteiger partial charge in [-0.1, -0.05) is 17.3 Å². The quantitative estimate of drug-likeness (QED) is 0.558. The fourth-order valence-electron chi connectivity index (χ4n) is 3.93. The largest absolute Gasteiger partial charge is 0.360 e. The molecule has 0 aliphatic carbocycles. The third-order valence-corrected chi connectivity index (χ3v) is 8.73. The van der Waals surface area contributed by atoms with Gasteiger partial charge in [0.25, 0.3) is 0 Å². The van der Waals surface area contributed by atoms with Crippen LogP contribution in [0.25, 0.3) is 10.2 Å². The Hall–Kier alpha value is -2.30. The lowest BCUT2D eigenvalue weighted by Gasteiger charge is -2.22. The Labute approximate surface area is 185 Å². The van der Waals surface area contributed by atoms with Crippen LogP contribution < -0.4 is 0 Å². The van der Waals surface area contributed by atoms with Gasteiger partial charge in [-0.2, -0.15) is 4.31 Å². The van der Waals surface area contributed by atoms with Gasteiger partial charge in [-0.25, -0.2) is 13.4 Å². The minimum Gasteiger partial charge on any atom is -0.360 e. The Morgan fingerprint density at radius 2 is 1.97 bits per heavy atom. The first-order chi connectivity index (χ1) is 14.9. The monoisotopic (exact) mass is 462 g/mol. The van der Waals surface area contributed by atoms with Gasteiger partial charge in [-0.05, 0) is 45.2 Å². The van der Waals surface area contributed by atoms with Crippen LogP contribution in [0, 0.1) is 13.8 Å². The lowest BCUT2D eigenvalue weighted by molar-refractivity contribution is -0.131. The highest BCUT2D eigenvalue weighted by atomic mass is 32.2. The van der Waals surface area contributed by atoms with Crippen LogP contribution in [0.5, 0.6) is 0 Å². The molecule has 0 bridgehead atoms. The molecule has 1 fully saturated rings. The lowest BCUT2D eigenvalue weighted by Crippen LogP contribution is -2.37. The summed E-state index contributed by atoms with van der Waals surface area (Å²) in [7, 11) is -3.69. The van der Waals surface area contributed by atoms with E-state index in [0.717, 1.165) is 28.1 Å². The third kappa shape index (κ3) is 4.65. The maximum absolute atomic E-state index is 13.0. The zero-order valence-corrected chi connectivity index (χ0v) is 19.3. The maximum atomic E-state index is 13.0. The zero-order valence-electron chi connectivity index (χ0n) is 17.7. The third-order valence-electron chi connectivity index (χ3n) is 5.49. The smallest absolute Gasteiger partial charge is 0.248 e. The molecule has 0 saturated carbocycles. The van der Waals surface area contributed by atoms with Gasteiger partial charge in [0, 0.05) is 32.6 Å². The first kappa shape index (κ1) is 21.9. The number of benzene rings is 1. The zero-order chi connectivity index (χ0) is 22.0. The van der Waals surface area contributed by atoms with E-state index in [2.05, 4.69) is 16.2 Å². The molecule has 2 aromatic heterocycles. The van der Waals surface area contributed by atoms with Crippen molar-refractivity contribution in [2.24, 2.45) is 0 Å². The number of carbonyl (C=O) groups is 1. The minimum atomic E-state index is -3.69. The van der Waals surface area contributed by atoms with Gasteiger partial charge in [0.2, 0.25) is 15.9 Å². The second kappa shape index (κ2) is 9.05. The number of rotatable bonds is 6. The number of aromatic nitrogens is 2. The fraction of sp³-hybridized carbons (Fsp3) is 0.476. The van der Waals surface area contributed by atoms with Crippen LogP contribution in [0.2, 0.25) is 0 Å². The van der Waals surface area contributed by atoms with Crippen molar-refractivity contribution in [3.05, 3.63) is 40.7 Å². The van der Waals surface area contributed by atoms with E-state index in [9.17, 15) is 13.2 Å². The summed E-state index contributed by atoms with van der Waals surface area (Å²) in [6.07, 6.45) is 2.54. The molecule has 1 aliphatic heterocycles. The van der Waals surface area contributed by atoms with Gasteiger partial charge >= 0.3 is 0 Å². The van der Waals surface area contributed by atoms with Gasteiger partial charge in [0.15, 0.2) is 5.76 Å². The van der Waals surface area contributed by atoms with E-state index in [-0.39, 0.29) is 17.3 Å². The van der Waals surface area contributed by atoms with Crippen LogP contribution >= 0.6 is 11.3 Å². The highest BCUT2D eigenvalue weighted by Crippen LogP contribution is 2.25. The van der Waals surface area contributed by atoms with E-state index in [1.54, 1.807) is 30.1 Å². The van der Waals surface area contributed by atoms with Gasteiger partial charge in [-0.3, -0.25) is 4.79 Å².